The van der Waals surface area contributed by atoms with Crippen molar-refractivity contribution in [2.24, 2.45) is 17.8 Å². The van der Waals surface area contributed by atoms with Gasteiger partial charge in [0.1, 0.15) is 11.3 Å². The highest BCUT2D eigenvalue weighted by Gasteiger charge is 2.42. The van der Waals surface area contributed by atoms with Gasteiger partial charge in [-0.2, -0.15) is 5.10 Å². The first-order valence-corrected chi connectivity index (χ1v) is 11.7. The highest BCUT2D eigenvalue weighted by molar-refractivity contribution is 5.96. The summed E-state index contributed by atoms with van der Waals surface area (Å²) in [5.41, 5.74) is 0.836. The topological polar surface area (TPSA) is 58.0 Å². The summed E-state index contributed by atoms with van der Waals surface area (Å²) in [5.74, 6) is -0.430. The molecule has 7 rings (SSSR count). The Labute approximate surface area is 189 Å². The van der Waals surface area contributed by atoms with Crippen LogP contribution in [0.25, 0.3) is 27.1 Å². The standard InChI is InChI=1S/C25H24F3N5/c1-11-12-3-7-14(8-4-12)20(11)30-25-19(28)18(13-5-6-13)23(29-2)24(31-25)22-16-9-15(26)10-17(27)21(16)32-33-22/h9-14,20H,3-8H2,1H3,(H,30,31)(H,32,33)/t11-,12?,14?,20+/m0/s1. The molecule has 5 nitrogen and oxygen atoms in total. The van der Waals surface area contributed by atoms with Gasteiger partial charge < -0.3 is 5.32 Å². The molecule has 4 aliphatic rings. The highest BCUT2D eigenvalue weighted by atomic mass is 19.1. The minimum Gasteiger partial charge on any atom is -0.364 e. The number of hydrogen-bond acceptors (Lipinski definition) is 3. The molecule has 2 aromatic heterocycles. The fourth-order valence-electron chi connectivity index (χ4n) is 6.08. The van der Waals surface area contributed by atoms with Crippen LogP contribution >= 0.6 is 0 Å². The number of pyridine rings is 1. The summed E-state index contributed by atoms with van der Waals surface area (Å²) in [6.45, 7) is 9.99. The van der Waals surface area contributed by atoms with Crippen molar-refractivity contribution in [1.82, 2.24) is 15.2 Å². The minimum absolute atomic E-state index is 0.0332. The van der Waals surface area contributed by atoms with Crippen molar-refractivity contribution in [3.8, 4) is 11.4 Å². The number of hydrogen-bond donors (Lipinski definition) is 2. The van der Waals surface area contributed by atoms with E-state index in [1.807, 2.05) is 0 Å². The first-order valence-electron chi connectivity index (χ1n) is 11.7. The fourth-order valence-corrected chi connectivity index (χ4v) is 6.08. The zero-order chi connectivity index (χ0) is 22.9. The predicted molar refractivity (Wildman–Crippen MR) is 119 cm³/mol. The number of anilines is 1. The Morgan fingerprint density at radius 1 is 1.06 bits per heavy atom. The predicted octanol–water partition coefficient (Wildman–Crippen LogP) is 6.71. The van der Waals surface area contributed by atoms with Crippen molar-refractivity contribution in [2.45, 2.75) is 57.4 Å². The van der Waals surface area contributed by atoms with Gasteiger partial charge in [-0.1, -0.05) is 6.92 Å². The van der Waals surface area contributed by atoms with E-state index in [0.29, 0.717) is 23.3 Å². The third-order valence-electron chi connectivity index (χ3n) is 8.00. The van der Waals surface area contributed by atoms with Crippen molar-refractivity contribution in [1.29, 1.82) is 0 Å². The SMILES string of the molecule is [C-]#[N+]c1c(-c2[nH]nc3c(F)cc(F)cc23)nc(N[C@H]2C3CCC(CC3)[C@@H]2C)c(F)c1C1CC1. The first kappa shape index (κ1) is 20.5. The van der Waals surface area contributed by atoms with E-state index in [4.69, 9.17) is 6.57 Å². The van der Waals surface area contributed by atoms with Crippen LogP contribution in [-0.2, 0) is 0 Å². The molecule has 8 heteroatoms. The van der Waals surface area contributed by atoms with Crippen LogP contribution in [0.4, 0.5) is 24.7 Å². The van der Waals surface area contributed by atoms with Gasteiger partial charge in [-0.3, -0.25) is 5.10 Å². The van der Waals surface area contributed by atoms with Crippen molar-refractivity contribution >= 4 is 22.4 Å². The van der Waals surface area contributed by atoms with Gasteiger partial charge in [-0.05, 0) is 68.3 Å². The Morgan fingerprint density at radius 3 is 2.45 bits per heavy atom. The number of rotatable bonds is 4. The molecule has 3 aromatic rings. The van der Waals surface area contributed by atoms with Gasteiger partial charge in [0.2, 0.25) is 5.69 Å². The van der Waals surface area contributed by atoms with E-state index in [2.05, 4.69) is 32.3 Å². The summed E-state index contributed by atoms with van der Waals surface area (Å²) in [6.07, 6.45) is 6.29. The molecule has 0 saturated heterocycles. The van der Waals surface area contributed by atoms with E-state index in [9.17, 15) is 8.78 Å². The molecule has 2 atom stereocenters. The number of fused-ring (bicyclic) bond motifs is 4. The summed E-state index contributed by atoms with van der Waals surface area (Å²) in [4.78, 5) is 8.19. The van der Waals surface area contributed by atoms with Crippen molar-refractivity contribution in [3.63, 3.8) is 0 Å². The number of benzene rings is 1. The van der Waals surface area contributed by atoms with Crippen LogP contribution in [0.3, 0.4) is 0 Å². The summed E-state index contributed by atoms with van der Waals surface area (Å²) >= 11 is 0. The van der Waals surface area contributed by atoms with E-state index in [0.717, 1.165) is 31.7 Å². The summed E-state index contributed by atoms with van der Waals surface area (Å²) in [6, 6.07) is 2.05. The molecular weight excluding hydrogens is 427 g/mol. The lowest BCUT2D eigenvalue weighted by molar-refractivity contribution is 0.0926. The van der Waals surface area contributed by atoms with Crippen LogP contribution in [-0.4, -0.2) is 21.2 Å². The number of nitrogens with zero attached hydrogens (tertiary/aromatic N) is 3. The van der Waals surface area contributed by atoms with Crippen LogP contribution in [0, 0.1) is 41.8 Å². The Balaban J connectivity index is 1.52. The van der Waals surface area contributed by atoms with Crippen molar-refractivity contribution < 1.29 is 13.2 Å². The molecule has 4 aliphatic carbocycles. The number of H-pyrrole nitrogens is 1. The Bertz CT molecular complexity index is 1300. The maximum Gasteiger partial charge on any atom is 0.220 e. The molecule has 0 unspecified atom stereocenters. The van der Waals surface area contributed by atoms with Crippen molar-refractivity contribution in [3.05, 3.63) is 46.6 Å². The largest absolute Gasteiger partial charge is 0.364 e. The van der Waals surface area contributed by atoms with E-state index < -0.39 is 17.5 Å². The molecule has 2 N–H and O–H groups in total. The molecule has 4 fully saturated rings. The number of nitrogens with one attached hydrogen (secondary N) is 2. The average Bonchev–Trinajstić information content (AvgIpc) is 3.55. The summed E-state index contributed by atoms with van der Waals surface area (Å²) < 4.78 is 44.1. The lowest BCUT2D eigenvalue weighted by Gasteiger charge is -2.47. The van der Waals surface area contributed by atoms with Gasteiger partial charge in [0.25, 0.3) is 0 Å². The second-order valence-electron chi connectivity index (χ2n) is 9.86. The van der Waals surface area contributed by atoms with Crippen LogP contribution < -0.4 is 5.32 Å². The van der Waals surface area contributed by atoms with E-state index in [1.165, 1.54) is 18.9 Å². The molecule has 2 heterocycles. The lowest BCUT2D eigenvalue weighted by atomic mass is 9.62. The summed E-state index contributed by atoms with van der Waals surface area (Å²) in [7, 11) is 0. The smallest absolute Gasteiger partial charge is 0.220 e. The quantitative estimate of drug-likeness (QED) is 0.434. The molecule has 0 aliphatic heterocycles. The molecule has 0 spiro atoms. The second-order valence-corrected chi connectivity index (χ2v) is 9.86. The number of aromatic amines is 1. The summed E-state index contributed by atoms with van der Waals surface area (Å²) in [5, 5.41) is 10.3. The molecule has 0 amide bonds. The first-order chi connectivity index (χ1) is 16.0. The molecule has 0 radical (unpaired) electrons. The zero-order valence-corrected chi connectivity index (χ0v) is 18.3. The van der Waals surface area contributed by atoms with Crippen LogP contribution in [0.15, 0.2) is 12.1 Å². The maximum absolute atomic E-state index is 15.8. The molecular formula is C25H24F3N5. The lowest BCUT2D eigenvalue weighted by Crippen LogP contribution is -2.47. The Hall–Kier alpha value is -3.08. The molecule has 33 heavy (non-hydrogen) atoms. The minimum atomic E-state index is -0.799. The molecule has 4 saturated carbocycles. The zero-order valence-electron chi connectivity index (χ0n) is 18.3. The van der Waals surface area contributed by atoms with E-state index >= 15 is 4.39 Å². The van der Waals surface area contributed by atoms with Gasteiger partial charge in [-0.15, -0.1) is 0 Å². The monoisotopic (exact) mass is 451 g/mol. The normalized spacial score (nSPS) is 26.5. The van der Waals surface area contributed by atoms with Gasteiger partial charge in [0.15, 0.2) is 17.5 Å². The number of halogens is 3. The third kappa shape index (κ3) is 3.20. The van der Waals surface area contributed by atoms with Crippen molar-refractivity contribution in [2.75, 3.05) is 5.32 Å². The van der Waals surface area contributed by atoms with Crippen LogP contribution in [0.2, 0.25) is 0 Å². The Kier molecular flexibility index (Phi) is 4.65. The van der Waals surface area contributed by atoms with E-state index in [1.54, 1.807) is 0 Å². The number of aromatic nitrogens is 3. The van der Waals surface area contributed by atoms with Crippen LogP contribution in [0.1, 0.15) is 56.9 Å². The van der Waals surface area contributed by atoms with Gasteiger partial charge in [0, 0.05) is 23.1 Å². The fraction of sp³-hybridized carbons (Fsp3) is 0.480. The van der Waals surface area contributed by atoms with Gasteiger partial charge in [-0.25, -0.2) is 23.0 Å². The third-order valence-corrected chi connectivity index (χ3v) is 8.00. The van der Waals surface area contributed by atoms with Gasteiger partial charge >= 0.3 is 0 Å². The van der Waals surface area contributed by atoms with E-state index in [-0.39, 0.29) is 45.8 Å². The highest BCUT2D eigenvalue weighted by Crippen LogP contribution is 2.51. The molecule has 1 aromatic carbocycles. The maximum atomic E-state index is 15.8. The second kappa shape index (κ2) is 7.47. The Morgan fingerprint density at radius 2 is 1.79 bits per heavy atom. The van der Waals surface area contributed by atoms with Gasteiger partial charge in [0.05, 0.1) is 18.0 Å². The molecule has 2 bridgehead atoms. The van der Waals surface area contributed by atoms with Crippen LogP contribution in [0.5, 0.6) is 0 Å². The molecule has 170 valence electrons. The average molecular weight is 451 g/mol.